The van der Waals surface area contributed by atoms with Gasteiger partial charge in [0, 0.05) is 22.7 Å². The largest absolute Gasteiger partial charge is 0.462 e. The lowest BCUT2D eigenvalue weighted by molar-refractivity contribution is -0.117. The van der Waals surface area contributed by atoms with Gasteiger partial charge in [-0.2, -0.15) is 12.6 Å². The molecule has 1 aliphatic heterocycles. The Morgan fingerprint density at radius 3 is 2.89 bits per heavy atom. The van der Waals surface area contributed by atoms with Crippen molar-refractivity contribution < 1.29 is 14.3 Å². The number of hydrogen-bond donors (Lipinski definition) is 1. The van der Waals surface area contributed by atoms with Crippen molar-refractivity contribution >= 4 is 46.1 Å². The minimum Gasteiger partial charge on any atom is -0.462 e. The van der Waals surface area contributed by atoms with Crippen molar-refractivity contribution in [1.82, 2.24) is 0 Å². The molecule has 102 valence electrons. The standard InChI is InChI=1S/C13H14BrNO3S/c1-2-18-13(17)10-5-8(14)3-4-11(10)15-7-9(19)6-12(15)16/h3-5,9,19H,2,6-7H2,1H3. The molecule has 19 heavy (non-hydrogen) atoms. The van der Waals surface area contributed by atoms with Crippen LogP contribution in [-0.4, -0.2) is 30.3 Å². The van der Waals surface area contributed by atoms with Gasteiger partial charge >= 0.3 is 5.97 Å². The fourth-order valence-corrected chi connectivity index (χ4v) is 2.72. The Balaban J connectivity index is 2.39. The summed E-state index contributed by atoms with van der Waals surface area (Å²) in [4.78, 5) is 25.5. The highest BCUT2D eigenvalue weighted by molar-refractivity contribution is 9.10. The van der Waals surface area contributed by atoms with Crippen LogP contribution in [0.5, 0.6) is 0 Å². The average molecular weight is 344 g/mol. The summed E-state index contributed by atoms with van der Waals surface area (Å²) in [6.07, 6.45) is 0.390. The monoisotopic (exact) mass is 343 g/mol. The van der Waals surface area contributed by atoms with Crippen LogP contribution in [0.1, 0.15) is 23.7 Å². The third-order valence-electron chi connectivity index (χ3n) is 2.85. The van der Waals surface area contributed by atoms with Gasteiger partial charge in [0.15, 0.2) is 0 Å². The molecule has 0 aromatic heterocycles. The number of anilines is 1. The van der Waals surface area contributed by atoms with Gasteiger partial charge in [-0.25, -0.2) is 4.79 Å². The van der Waals surface area contributed by atoms with Gasteiger partial charge in [0.05, 0.1) is 17.9 Å². The van der Waals surface area contributed by atoms with Crippen molar-refractivity contribution in [3.8, 4) is 0 Å². The lowest BCUT2D eigenvalue weighted by atomic mass is 10.1. The summed E-state index contributed by atoms with van der Waals surface area (Å²) in [5, 5.41) is 0.00573. The third-order valence-corrected chi connectivity index (χ3v) is 3.69. The van der Waals surface area contributed by atoms with E-state index in [0.29, 0.717) is 30.8 Å². The van der Waals surface area contributed by atoms with Crippen LogP contribution in [-0.2, 0) is 9.53 Å². The molecular formula is C13H14BrNO3S. The quantitative estimate of drug-likeness (QED) is 0.677. The predicted molar refractivity (Wildman–Crippen MR) is 79.8 cm³/mol. The minimum atomic E-state index is -0.422. The van der Waals surface area contributed by atoms with E-state index in [1.807, 2.05) is 0 Å². The van der Waals surface area contributed by atoms with Gasteiger partial charge in [-0.05, 0) is 25.1 Å². The van der Waals surface area contributed by atoms with Gasteiger partial charge in [0.2, 0.25) is 5.91 Å². The molecule has 1 saturated heterocycles. The molecule has 1 fully saturated rings. The van der Waals surface area contributed by atoms with E-state index >= 15 is 0 Å². The summed E-state index contributed by atoms with van der Waals surface area (Å²) in [6.45, 7) is 2.56. The van der Waals surface area contributed by atoms with Crippen molar-refractivity contribution in [2.45, 2.75) is 18.6 Å². The number of nitrogens with zero attached hydrogens (tertiary/aromatic N) is 1. The van der Waals surface area contributed by atoms with E-state index in [0.717, 1.165) is 4.47 Å². The maximum Gasteiger partial charge on any atom is 0.340 e. The van der Waals surface area contributed by atoms with Gasteiger partial charge < -0.3 is 9.64 Å². The van der Waals surface area contributed by atoms with Crippen molar-refractivity contribution in [3.05, 3.63) is 28.2 Å². The van der Waals surface area contributed by atoms with E-state index in [4.69, 9.17) is 4.74 Å². The molecule has 0 aliphatic carbocycles. The lowest BCUT2D eigenvalue weighted by Crippen LogP contribution is -2.27. The molecule has 0 bridgehead atoms. The number of rotatable bonds is 3. The number of thiol groups is 1. The van der Waals surface area contributed by atoms with Crippen LogP contribution in [0.15, 0.2) is 22.7 Å². The number of carbonyl (C=O) groups excluding carboxylic acids is 2. The molecule has 1 aromatic rings. The van der Waals surface area contributed by atoms with Crippen LogP contribution in [0, 0.1) is 0 Å². The Bertz CT molecular complexity index is 521. The van der Waals surface area contributed by atoms with Crippen LogP contribution in [0.2, 0.25) is 0 Å². The molecule has 1 aromatic carbocycles. The average Bonchev–Trinajstić information content (AvgIpc) is 2.68. The zero-order chi connectivity index (χ0) is 14.0. The third kappa shape index (κ3) is 3.12. The SMILES string of the molecule is CCOC(=O)c1cc(Br)ccc1N1CC(S)CC1=O. The van der Waals surface area contributed by atoms with Crippen LogP contribution >= 0.6 is 28.6 Å². The molecule has 1 heterocycles. The van der Waals surface area contributed by atoms with Crippen LogP contribution < -0.4 is 4.90 Å². The summed E-state index contributed by atoms with van der Waals surface area (Å²) in [5.74, 6) is -0.443. The first-order valence-corrected chi connectivity index (χ1v) is 7.29. The Hall–Kier alpha value is -1.01. The summed E-state index contributed by atoms with van der Waals surface area (Å²) < 4.78 is 5.80. The first-order valence-electron chi connectivity index (χ1n) is 5.98. The molecule has 1 atom stereocenters. The molecule has 0 saturated carbocycles. The molecule has 0 spiro atoms. The second-order valence-electron chi connectivity index (χ2n) is 4.24. The number of esters is 1. The van der Waals surface area contributed by atoms with E-state index in [-0.39, 0.29) is 11.2 Å². The van der Waals surface area contributed by atoms with E-state index in [1.54, 1.807) is 30.0 Å². The molecule has 2 rings (SSSR count). The van der Waals surface area contributed by atoms with Crippen LogP contribution in [0.25, 0.3) is 0 Å². The molecule has 0 radical (unpaired) electrons. The highest BCUT2D eigenvalue weighted by Gasteiger charge is 2.31. The van der Waals surface area contributed by atoms with Gasteiger partial charge in [-0.15, -0.1) is 0 Å². The smallest absolute Gasteiger partial charge is 0.340 e. The minimum absolute atomic E-state index is 0.00573. The van der Waals surface area contributed by atoms with Gasteiger partial charge in [-0.1, -0.05) is 15.9 Å². The number of halogens is 1. The lowest BCUT2D eigenvalue weighted by Gasteiger charge is -2.19. The number of benzene rings is 1. The number of ether oxygens (including phenoxy) is 1. The molecule has 4 nitrogen and oxygen atoms in total. The van der Waals surface area contributed by atoms with Gasteiger partial charge in [0.1, 0.15) is 0 Å². The predicted octanol–water partition coefficient (Wildman–Crippen LogP) is 2.66. The Kier molecular flexibility index (Phi) is 4.52. The highest BCUT2D eigenvalue weighted by Crippen LogP contribution is 2.30. The normalized spacial score (nSPS) is 18.8. The van der Waals surface area contributed by atoms with Crippen LogP contribution in [0.4, 0.5) is 5.69 Å². The van der Waals surface area contributed by atoms with Gasteiger partial charge in [-0.3, -0.25) is 4.79 Å². The molecule has 1 amide bonds. The van der Waals surface area contributed by atoms with Crippen molar-refractivity contribution in [2.75, 3.05) is 18.1 Å². The summed E-state index contributed by atoms with van der Waals surface area (Å²) in [6, 6.07) is 5.23. The topological polar surface area (TPSA) is 46.6 Å². The number of amides is 1. The maximum absolute atomic E-state index is 12.0. The second-order valence-corrected chi connectivity index (χ2v) is 5.89. The fourth-order valence-electron chi connectivity index (χ4n) is 2.04. The van der Waals surface area contributed by atoms with Crippen molar-refractivity contribution in [1.29, 1.82) is 0 Å². The molecule has 1 unspecified atom stereocenters. The molecule has 0 N–H and O–H groups in total. The highest BCUT2D eigenvalue weighted by atomic mass is 79.9. The van der Waals surface area contributed by atoms with Crippen LogP contribution in [0.3, 0.4) is 0 Å². The van der Waals surface area contributed by atoms with Crippen molar-refractivity contribution in [3.63, 3.8) is 0 Å². The van der Waals surface area contributed by atoms with E-state index < -0.39 is 5.97 Å². The maximum atomic E-state index is 12.0. The van der Waals surface area contributed by atoms with Gasteiger partial charge in [0.25, 0.3) is 0 Å². The number of hydrogen-bond acceptors (Lipinski definition) is 4. The zero-order valence-electron chi connectivity index (χ0n) is 10.4. The molecular weight excluding hydrogens is 330 g/mol. The Morgan fingerprint density at radius 1 is 1.58 bits per heavy atom. The Labute approximate surface area is 125 Å². The van der Waals surface area contributed by atoms with Crippen molar-refractivity contribution in [2.24, 2.45) is 0 Å². The zero-order valence-corrected chi connectivity index (χ0v) is 12.9. The van der Waals surface area contributed by atoms with E-state index in [2.05, 4.69) is 28.6 Å². The first kappa shape index (κ1) is 14.4. The second kappa shape index (κ2) is 5.96. The summed E-state index contributed by atoms with van der Waals surface area (Å²) in [5.41, 5.74) is 0.982. The van der Waals surface area contributed by atoms with E-state index in [9.17, 15) is 9.59 Å². The molecule has 1 aliphatic rings. The summed E-state index contributed by atoms with van der Waals surface area (Å²) in [7, 11) is 0. The first-order chi connectivity index (χ1) is 9.02. The number of carbonyl (C=O) groups is 2. The fraction of sp³-hybridized carbons (Fsp3) is 0.385. The van der Waals surface area contributed by atoms with E-state index in [1.165, 1.54) is 0 Å². The molecule has 6 heteroatoms. The summed E-state index contributed by atoms with van der Waals surface area (Å²) >= 11 is 7.65. The Morgan fingerprint density at radius 2 is 2.32 bits per heavy atom.